The van der Waals surface area contributed by atoms with Gasteiger partial charge in [0, 0.05) is 19.6 Å². The second-order valence-corrected chi connectivity index (χ2v) is 5.15. The second kappa shape index (κ2) is 6.21. The monoisotopic (exact) mass is 227 g/mol. The van der Waals surface area contributed by atoms with Gasteiger partial charge in [-0.25, -0.2) is 0 Å². The first kappa shape index (κ1) is 13.5. The Bertz CT molecular complexity index is 230. The van der Waals surface area contributed by atoms with E-state index in [0.29, 0.717) is 12.5 Å². The van der Waals surface area contributed by atoms with E-state index in [2.05, 4.69) is 17.3 Å². The van der Waals surface area contributed by atoms with Crippen molar-refractivity contribution in [3.63, 3.8) is 0 Å². The molecule has 1 unspecified atom stereocenters. The zero-order chi connectivity index (χ0) is 12.1. The van der Waals surface area contributed by atoms with Crippen LogP contribution in [0.15, 0.2) is 0 Å². The molecule has 0 aromatic carbocycles. The maximum absolute atomic E-state index is 11.7. The summed E-state index contributed by atoms with van der Waals surface area (Å²) >= 11 is 0. The van der Waals surface area contributed by atoms with E-state index in [1.807, 2.05) is 20.9 Å². The molecule has 0 saturated carbocycles. The molecule has 0 aromatic rings. The van der Waals surface area contributed by atoms with Gasteiger partial charge in [0.15, 0.2) is 0 Å². The van der Waals surface area contributed by atoms with Crippen molar-refractivity contribution in [3.8, 4) is 0 Å². The van der Waals surface area contributed by atoms with Crippen LogP contribution in [0.5, 0.6) is 0 Å². The van der Waals surface area contributed by atoms with Crippen LogP contribution in [0.4, 0.5) is 0 Å². The Morgan fingerprint density at radius 1 is 1.56 bits per heavy atom. The Labute approximate surface area is 99.0 Å². The highest BCUT2D eigenvalue weighted by Crippen LogP contribution is 2.12. The average molecular weight is 227 g/mol. The molecule has 4 heteroatoms. The third kappa shape index (κ3) is 4.10. The standard InChI is InChI=1S/C12H25N3O/c1-10(2)15(4)12(16)8-13-7-11-5-6-14(3)9-11/h10-11,13H,5-9H2,1-4H3. The first-order valence-electron chi connectivity index (χ1n) is 6.15. The number of amides is 1. The largest absolute Gasteiger partial charge is 0.342 e. The van der Waals surface area contributed by atoms with Gasteiger partial charge in [-0.3, -0.25) is 4.79 Å². The van der Waals surface area contributed by atoms with Gasteiger partial charge >= 0.3 is 0 Å². The quantitative estimate of drug-likeness (QED) is 0.738. The van der Waals surface area contributed by atoms with Gasteiger partial charge in [-0.2, -0.15) is 0 Å². The van der Waals surface area contributed by atoms with Crippen molar-refractivity contribution in [2.45, 2.75) is 26.3 Å². The molecular weight excluding hydrogens is 202 g/mol. The predicted octanol–water partition coefficient (Wildman–Crippen LogP) is 0.395. The lowest BCUT2D eigenvalue weighted by molar-refractivity contribution is -0.130. The topological polar surface area (TPSA) is 35.6 Å². The SMILES string of the molecule is CC(C)N(C)C(=O)CNCC1CCN(C)C1. The number of hydrogen-bond acceptors (Lipinski definition) is 3. The van der Waals surface area contributed by atoms with Crippen LogP contribution in [0.25, 0.3) is 0 Å². The molecule has 1 saturated heterocycles. The molecule has 0 radical (unpaired) electrons. The molecule has 0 bridgehead atoms. The molecule has 1 fully saturated rings. The number of likely N-dealkylation sites (N-methyl/N-ethyl adjacent to an activating group) is 1. The normalized spacial score (nSPS) is 21.7. The zero-order valence-corrected chi connectivity index (χ0v) is 11.0. The molecule has 1 aliphatic heterocycles. The first-order valence-corrected chi connectivity index (χ1v) is 6.15. The smallest absolute Gasteiger partial charge is 0.236 e. The highest BCUT2D eigenvalue weighted by Gasteiger charge is 2.19. The van der Waals surface area contributed by atoms with Crippen LogP contribution >= 0.6 is 0 Å². The maximum atomic E-state index is 11.7. The molecule has 4 nitrogen and oxygen atoms in total. The first-order chi connectivity index (χ1) is 7.50. The van der Waals surface area contributed by atoms with Crippen molar-refractivity contribution in [1.29, 1.82) is 0 Å². The minimum Gasteiger partial charge on any atom is -0.342 e. The van der Waals surface area contributed by atoms with Crippen LogP contribution in [-0.4, -0.2) is 62.0 Å². The lowest BCUT2D eigenvalue weighted by Crippen LogP contribution is -2.40. The molecule has 1 atom stereocenters. The summed E-state index contributed by atoms with van der Waals surface area (Å²) in [6.45, 7) is 7.83. The van der Waals surface area contributed by atoms with Crippen molar-refractivity contribution in [3.05, 3.63) is 0 Å². The van der Waals surface area contributed by atoms with E-state index in [-0.39, 0.29) is 11.9 Å². The van der Waals surface area contributed by atoms with Gasteiger partial charge in [-0.05, 0) is 46.3 Å². The fourth-order valence-corrected chi connectivity index (χ4v) is 1.99. The van der Waals surface area contributed by atoms with E-state index in [0.717, 1.165) is 13.1 Å². The van der Waals surface area contributed by atoms with Crippen molar-refractivity contribution >= 4 is 5.91 Å². The zero-order valence-electron chi connectivity index (χ0n) is 11.0. The van der Waals surface area contributed by atoms with Crippen LogP contribution in [0.3, 0.4) is 0 Å². The molecule has 0 spiro atoms. The summed E-state index contributed by atoms with van der Waals surface area (Å²) in [6.07, 6.45) is 1.25. The van der Waals surface area contributed by atoms with Gasteiger partial charge in [0.2, 0.25) is 5.91 Å². The minimum absolute atomic E-state index is 0.182. The molecule has 0 aliphatic carbocycles. The Hall–Kier alpha value is -0.610. The van der Waals surface area contributed by atoms with Crippen molar-refractivity contribution in [2.75, 3.05) is 40.3 Å². The van der Waals surface area contributed by atoms with Gasteiger partial charge in [-0.1, -0.05) is 0 Å². The highest BCUT2D eigenvalue weighted by molar-refractivity contribution is 5.78. The van der Waals surface area contributed by atoms with Crippen molar-refractivity contribution < 1.29 is 4.79 Å². The highest BCUT2D eigenvalue weighted by atomic mass is 16.2. The molecule has 1 N–H and O–H groups in total. The number of hydrogen-bond donors (Lipinski definition) is 1. The average Bonchev–Trinajstić information content (AvgIpc) is 2.62. The summed E-state index contributed by atoms with van der Waals surface area (Å²) in [5.74, 6) is 0.892. The summed E-state index contributed by atoms with van der Waals surface area (Å²) < 4.78 is 0. The molecule has 16 heavy (non-hydrogen) atoms. The van der Waals surface area contributed by atoms with Gasteiger partial charge in [0.1, 0.15) is 0 Å². The summed E-state index contributed by atoms with van der Waals surface area (Å²) in [7, 11) is 4.01. The lowest BCUT2D eigenvalue weighted by atomic mass is 10.1. The maximum Gasteiger partial charge on any atom is 0.236 e. The van der Waals surface area contributed by atoms with E-state index in [4.69, 9.17) is 0 Å². The van der Waals surface area contributed by atoms with E-state index >= 15 is 0 Å². The van der Waals surface area contributed by atoms with E-state index in [1.165, 1.54) is 13.0 Å². The summed E-state index contributed by atoms with van der Waals surface area (Å²) in [5, 5.41) is 3.27. The van der Waals surface area contributed by atoms with Crippen LogP contribution in [0.1, 0.15) is 20.3 Å². The second-order valence-electron chi connectivity index (χ2n) is 5.15. The molecule has 1 aliphatic rings. The van der Waals surface area contributed by atoms with E-state index in [9.17, 15) is 4.79 Å². The van der Waals surface area contributed by atoms with Gasteiger partial charge < -0.3 is 15.1 Å². The van der Waals surface area contributed by atoms with Crippen LogP contribution in [-0.2, 0) is 4.79 Å². The summed E-state index contributed by atoms with van der Waals surface area (Å²) in [6, 6.07) is 0.284. The number of rotatable bonds is 5. The number of nitrogens with zero attached hydrogens (tertiary/aromatic N) is 2. The van der Waals surface area contributed by atoms with Crippen molar-refractivity contribution in [1.82, 2.24) is 15.1 Å². The fourth-order valence-electron chi connectivity index (χ4n) is 1.99. The molecular formula is C12H25N3O. The van der Waals surface area contributed by atoms with Gasteiger partial charge in [-0.15, -0.1) is 0 Å². The molecule has 0 aromatic heterocycles. The summed E-state index contributed by atoms with van der Waals surface area (Å²) in [5.41, 5.74) is 0. The van der Waals surface area contributed by atoms with E-state index < -0.39 is 0 Å². The number of nitrogens with one attached hydrogen (secondary N) is 1. The third-order valence-corrected chi connectivity index (χ3v) is 3.37. The molecule has 1 rings (SSSR count). The predicted molar refractivity (Wildman–Crippen MR) is 66.4 cm³/mol. The van der Waals surface area contributed by atoms with Crippen LogP contribution < -0.4 is 5.32 Å². The number of carbonyl (C=O) groups excluding carboxylic acids is 1. The molecule has 94 valence electrons. The molecule has 1 amide bonds. The van der Waals surface area contributed by atoms with Crippen molar-refractivity contribution in [2.24, 2.45) is 5.92 Å². The van der Waals surface area contributed by atoms with Crippen LogP contribution in [0, 0.1) is 5.92 Å². The van der Waals surface area contributed by atoms with E-state index in [1.54, 1.807) is 4.90 Å². The Morgan fingerprint density at radius 2 is 2.25 bits per heavy atom. The Morgan fingerprint density at radius 3 is 2.75 bits per heavy atom. The molecule has 1 heterocycles. The van der Waals surface area contributed by atoms with Gasteiger partial charge in [0.25, 0.3) is 0 Å². The lowest BCUT2D eigenvalue weighted by Gasteiger charge is -2.22. The third-order valence-electron chi connectivity index (χ3n) is 3.37. The minimum atomic E-state index is 0.182. The van der Waals surface area contributed by atoms with Gasteiger partial charge in [0.05, 0.1) is 6.54 Å². The number of likely N-dealkylation sites (tertiary alicyclic amines) is 1. The number of carbonyl (C=O) groups is 1. The Kier molecular flexibility index (Phi) is 5.22. The Balaban J connectivity index is 2.13. The van der Waals surface area contributed by atoms with Crippen LogP contribution in [0.2, 0.25) is 0 Å². The summed E-state index contributed by atoms with van der Waals surface area (Å²) in [4.78, 5) is 15.8. The fraction of sp³-hybridized carbons (Fsp3) is 0.917.